The topological polar surface area (TPSA) is 55.0 Å². The molecule has 3 heterocycles. The Labute approximate surface area is 163 Å². The lowest BCUT2D eigenvalue weighted by Gasteiger charge is -2.20. The number of carbonyl (C=O) groups is 1. The Morgan fingerprint density at radius 3 is 2.96 bits per heavy atom. The molecular formula is C19H14ClFN2O3S. The van der Waals surface area contributed by atoms with Crippen LogP contribution in [0, 0.1) is 5.82 Å². The zero-order chi connectivity index (χ0) is 18.8. The lowest BCUT2D eigenvalue weighted by Crippen LogP contribution is -2.31. The van der Waals surface area contributed by atoms with Crippen molar-refractivity contribution in [3.8, 4) is 5.75 Å². The highest BCUT2D eigenvalue weighted by Gasteiger charge is 2.35. The number of nitrogens with zero attached hydrogens (tertiary/aromatic N) is 2. The highest BCUT2D eigenvalue weighted by molar-refractivity contribution is 7.12. The van der Waals surface area contributed by atoms with Crippen LogP contribution in [0.2, 0.25) is 5.02 Å². The second kappa shape index (κ2) is 7.54. The van der Waals surface area contributed by atoms with Gasteiger partial charge in [0, 0.05) is 6.42 Å². The van der Waals surface area contributed by atoms with Gasteiger partial charge in [0.2, 0.25) is 0 Å². The molecule has 4 rings (SSSR count). The van der Waals surface area contributed by atoms with Crippen molar-refractivity contribution in [1.29, 1.82) is 0 Å². The van der Waals surface area contributed by atoms with Crippen molar-refractivity contribution in [2.24, 2.45) is 5.10 Å². The van der Waals surface area contributed by atoms with Crippen LogP contribution in [-0.4, -0.2) is 23.2 Å². The first kappa shape index (κ1) is 17.8. The number of benzene rings is 1. The van der Waals surface area contributed by atoms with Crippen molar-refractivity contribution in [3.05, 3.63) is 75.6 Å². The molecule has 0 bridgehead atoms. The van der Waals surface area contributed by atoms with Crippen LogP contribution in [0.15, 0.2) is 63.6 Å². The van der Waals surface area contributed by atoms with Crippen molar-refractivity contribution in [2.45, 2.75) is 12.5 Å². The zero-order valence-electron chi connectivity index (χ0n) is 14.0. The van der Waals surface area contributed by atoms with E-state index < -0.39 is 5.82 Å². The predicted octanol–water partition coefficient (Wildman–Crippen LogP) is 4.89. The summed E-state index contributed by atoms with van der Waals surface area (Å²) in [6.45, 7) is -0.274. The van der Waals surface area contributed by atoms with Gasteiger partial charge in [-0.25, -0.2) is 9.40 Å². The molecule has 3 aromatic rings. The fourth-order valence-corrected chi connectivity index (χ4v) is 3.78. The molecule has 1 unspecified atom stereocenters. The molecule has 2 aromatic heterocycles. The van der Waals surface area contributed by atoms with E-state index >= 15 is 0 Å². The Morgan fingerprint density at radius 1 is 1.37 bits per heavy atom. The minimum absolute atomic E-state index is 0.106. The zero-order valence-corrected chi connectivity index (χ0v) is 15.5. The van der Waals surface area contributed by atoms with Crippen LogP contribution in [-0.2, 0) is 4.79 Å². The van der Waals surface area contributed by atoms with Crippen LogP contribution in [0.4, 0.5) is 4.39 Å². The first-order valence-corrected chi connectivity index (χ1v) is 9.42. The molecular weight excluding hydrogens is 391 g/mol. The van der Waals surface area contributed by atoms with Gasteiger partial charge in [-0.2, -0.15) is 5.10 Å². The summed E-state index contributed by atoms with van der Waals surface area (Å²) in [6, 6.07) is 10.9. The summed E-state index contributed by atoms with van der Waals surface area (Å²) >= 11 is 7.51. The fourth-order valence-electron chi connectivity index (χ4n) is 2.83. The van der Waals surface area contributed by atoms with E-state index in [9.17, 15) is 9.18 Å². The summed E-state index contributed by atoms with van der Waals surface area (Å²) in [4.78, 5) is 13.8. The lowest BCUT2D eigenvalue weighted by molar-refractivity contribution is -0.135. The van der Waals surface area contributed by atoms with Gasteiger partial charge in [-0.3, -0.25) is 4.79 Å². The Hall–Kier alpha value is -2.64. The summed E-state index contributed by atoms with van der Waals surface area (Å²) in [5.41, 5.74) is 0.819. The summed E-state index contributed by atoms with van der Waals surface area (Å²) < 4.78 is 24.1. The number of ether oxygens (including phenoxy) is 1. The SMILES string of the molecule is O=C(COc1ccc(F)cc1Cl)N1N=C(c2cccs2)CC1c1ccco1. The minimum Gasteiger partial charge on any atom is -0.482 e. The first-order valence-electron chi connectivity index (χ1n) is 8.16. The number of thiophene rings is 1. The number of amides is 1. The van der Waals surface area contributed by atoms with Crippen molar-refractivity contribution >= 4 is 34.6 Å². The van der Waals surface area contributed by atoms with Crippen LogP contribution >= 0.6 is 22.9 Å². The molecule has 0 fully saturated rings. The number of hydrogen-bond donors (Lipinski definition) is 0. The van der Waals surface area contributed by atoms with Gasteiger partial charge in [-0.15, -0.1) is 11.3 Å². The van der Waals surface area contributed by atoms with Gasteiger partial charge in [0.25, 0.3) is 5.91 Å². The number of rotatable bonds is 5. The molecule has 0 aliphatic carbocycles. The molecule has 1 aromatic carbocycles. The molecule has 0 saturated carbocycles. The van der Waals surface area contributed by atoms with E-state index in [0.717, 1.165) is 16.7 Å². The molecule has 138 valence electrons. The lowest BCUT2D eigenvalue weighted by atomic mass is 10.1. The molecule has 0 spiro atoms. The van der Waals surface area contributed by atoms with Crippen molar-refractivity contribution in [3.63, 3.8) is 0 Å². The van der Waals surface area contributed by atoms with Gasteiger partial charge in [0.15, 0.2) is 6.61 Å². The molecule has 8 heteroatoms. The Morgan fingerprint density at radius 2 is 2.26 bits per heavy atom. The summed E-state index contributed by atoms with van der Waals surface area (Å²) in [5, 5.41) is 7.94. The molecule has 5 nitrogen and oxygen atoms in total. The average Bonchev–Trinajstić information content (AvgIpc) is 3.40. The maximum atomic E-state index is 13.1. The quantitative estimate of drug-likeness (QED) is 0.608. The van der Waals surface area contributed by atoms with Gasteiger partial charge in [0.1, 0.15) is 23.4 Å². The predicted molar refractivity (Wildman–Crippen MR) is 101 cm³/mol. The van der Waals surface area contributed by atoms with Crippen LogP contribution in [0.1, 0.15) is 23.1 Å². The summed E-state index contributed by atoms with van der Waals surface area (Å²) in [6.07, 6.45) is 2.12. The molecule has 1 aliphatic rings. The third-order valence-corrected chi connectivity index (χ3v) is 5.30. The maximum absolute atomic E-state index is 13.1. The van der Waals surface area contributed by atoms with Crippen LogP contribution in [0.5, 0.6) is 5.75 Å². The molecule has 27 heavy (non-hydrogen) atoms. The van der Waals surface area contributed by atoms with Crippen LogP contribution < -0.4 is 4.74 Å². The monoisotopic (exact) mass is 404 g/mol. The molecule has 0 radical (unpaired) electrons. The molecule has 0 N–H and O–H groups in total. The smallest absolute Gasteiger partial charge is 0.281 e. The standard InChI is InChI=1S/C19H14ClFN2O3S/c20-13-9-12(21)5-6-16(13)26-11-19(24)23-15(17-3-1-7-25-17)10-14(22-23)18-4-2-8-27-18/h1-9,15H,10-11H2. The first-order chi connectivity index (χ1) is 13.1. The number of hydrazone groups is 1. The molecule has 0 saturated heterocycles. The normalized spacial score (nSPS) is 16.4. The van der Waals surface area contributed by atoms with E-state index in [1.807, 2.05) is 23.6 Å². The van der Waals surface area contributed by atoms with E-state index in [1.165, 1.54) is 17.1 Å². The Bertz CT molecular complexity index is 973. The third kappa shape index (κ3) is 3.74. The van der Waals surface area contributed by atoms with Gasteiger partial charge >= 0.3 is 0 Å². The van der Waals surface area contributed by atoms with Gasteiger partial charge in [0.05, 0.1) is 21.9 Å². The number of carbonyl (C=O) groups excluding carboxylic acids is 1. The van der Waals surface area contributed by atoms with Crippen molar-refractivity contribution in [2.75, 3.05) is 6.61 Å². The number of halogens is 2. The average molecular weight is 405 g/mol. The third-order valence-electron chi connectivity index (χ3n) is 4.09. The largest absolute Gasteiger partial charge is 0.482 e. The maximum Gasteiger partial charge on any atom is 0.281 e. The highest BCUT2D eigenvalue weighted by atomic mass is 35.5. The van der Waals surface area contributed by atoms with Crippen LogP contribution in [0.3, 0.4) is 0 Å². The number of hydrogen-bond acceptors (Lipinski definition) is 5. The van der Waals surface area contributed by atoms with E-state index in [2.05, 4.69) is 5.10 Å². The number of furan rings is 1. The van der Waals surface area contributed by atoms with E-state index in [4.69, 9.17) is 20.8 Å². The van der Waals surface area contributed by atoms with Crippen molar-refractivity contribution < 1.29 is 18.3 Å². The molecule has 1 aliphatic heterocycles. The molecule has 1 atom stereocenters. The molecule has 1 amide bonds. The fraction of sp³-hybridized carbons (Fsp3) is 0.158. The van der Waals surface area contributed by atoms with Gasteiger partial charge in [-0.1, -0.05) is 17.7 Å². The highest BCUT2D eigenvalue weighted by Crippen LogP contribution is 2.34. The minimum atomic E-state index is -0.471. The Balaban J connectivity index is 1.53. The second-order valence-electron chi connectivity index (χ2n) is 5.86. The van der Waals surface area contributed by atoms with E-state index in [-0.39, 0.29) is 29.3 Å². The van der Waals surface area contributed by atoms with Gasteiger partial charge < -0.3 is 9.15 Å². The Kier molecular flexibility index (Phi) is 4.96. The van der Waals surface area contributed by atoms with E-state index in [1.54, 1.807) is 23.7 Å². The van der Waals surface area contributed by atoms with E-state index in [0.29, 0.717) is 12.2 Å². The summed E-state index contributed by atoms with van der Waals surface area (Å²) in [5.74, 6) is 0.0748. The van der Waals surface area contributed by atoms with Crippen LogP contribution in [0.25, 0.3) is 0 Å². The second-order valence-corrected chi connectivity index (χ2v) is 7.22. The van der Waals surface area contributed by atoms with Crippen molar-refractivity contribution in [1.82, 2.24) is 5.01 Å². The van der Waals surface area contributed by atoms with Gasteiger partial charge in [-0.05, 0) is 41.8 Å². The summed E-state index contributed by atoms with van der Waals surface area (Å²) in [7, 11) is 0.